The Labute approximate surface area is 214 Å². The summed E-state index contributed by atoms with van der Waals surface area (Å²) in [7, 11) is -1.57. The van der Waals surface area contributed by atoms with Gasteiger partial charge in [0, 0.05) is 16.9 Å². The Morgan fingerprint density at radius 3 is 2.50 bits per heavy atom. The molecule has 2 aliphatic carbocycles. The molecule has 2 fully saturated rings. The lowest BCUT2D eigenvalue weighted by Gasteiger charge is -2.49. The monoisotopic (exact) mass is 506 g/mol. The zero-order valence-electron chi connectivity index (χ0n) is 22.7. The molecule has 0 amide bonds. The van der Waals surface area contributed by atoms with Crippen LogP contribution in [0.4, 0.5) is 0 Å². The third-order valence-corrected chi connectivity index (χ3v) is 15.8. The Hall–Kier alpha value is -0.653. The van der Waals surface area contributed by atoms with Gasteiger partial charge in [0.05, 0.1) is 6.42 Å². The molecule has 3 rings (SSSR count). The number of carbonyl (C=O) groups is 1. The van der Waals surface area contributed by atoms with Gasteiger partial charge in [0.25, 0.3) is 0 Å². The number of thiophene rings is 1. The maximum absolute atomic E-state index is 11.5. The van der Waals surface area contributed by atoms with E-state index in [0.29, 0.717) is 17.4 Å². The van der Waals surface area contributed by atoms with Crippen molar-refractivity contribution >= 4 is 25.6 Å². The molecule has 194 valence electrons. The first-order chi connectivity index (χ1) is 16.2. The highest BCUT2D eigenvalue weighted by molar-refractivity contribution is 7.10. The lowest BCUT2D eigenvalue weighted by molar-refractivity contribution is -0.137. The lowest BCUT2D eigenvalue weighted by Crippen LogP contribution is -2.48. The van der Waals surface area contributed by atoms with Crippen molar-refractivity contribution in [3.63, 3.8) is 0 Å². The normalized spacial score (nSPS) is 29.1. The fraction of sp³-hybridized carbons (Fsp3) is 0.828. The average molecular weight is 507 g/mol. The van der Waals surface area contributed by atoms with E-state index in [1.807, 2.05) is 0 Å². The molecule has 0 aromatic carbocycles. The molecule has 1 heterocycles. The second kappa shape index (κ2) is 12.1. The highest BCUT2D eigenvalue weighted by Gasteiger charge is 2.53. The van der Waals surface area contributed by atoms with Crippen LogP contribution in [0.25, 0.3) is 0 Å². The second-order valence-electron chi connectivity index (χ2n) is 11.8. The molecule has 1 aromatic rings. The fourth-order valence-electron chi connectivity index (χ4n) is 7.67. The maximum Gasteiger partial charge on any atom is 0.303 e. The number of hydrogen-bond acceptors (Lipinski definition) is 3. The van der Waals surface area contributed by atoms with Gasteiger partial charge in [-0.2, -0.15) is 0 Å². The quantitative estimate of drug-likeness (QED) is 0.271. The first kappa shape index (κ1) is 27.9. The minimum absolute atomic E-state index is 0.165. The Kier molecular flexibility index (Phi) is 9.90. The van der Waals surface area contributed by atoms with E-state index < -0.39 is 14.3 Å². The molecule has 1 aromatic heterocycles. The van der Waals surface area contributed by atoms with E-state index in [-0.39, 0.29) is 12.3 Å². The topological polar surface area (TPSA) is 46.5 Å². The van der Waals surface area contributed by atoms with E-state index in [0.717, 1.165) is 24.7 Å². The van der Waals surface area contributed by atoms with E-state index >= 15 is 0 Å². The summed E-state index contributed by atoms with van der Waals surface area (Å²) in [5.41, 5.74) is 1.67. The molecular formula is C29H50O3SSi. The highest BCUT2D eigenvalue weighted by Crippen LogP contribution is 2.59. The van der Waals surface area contributed by atoms with Crippen LogP contribution in [0.3, 0.4) is 0 Å². The summed E-state index contributed by atoms with van der Waals surface area (Å²) in [4.78, 5) is 12.7. The maximum atomic E-state index is 11.5. The van der Waals surface area contributed by atoms with Crippen molar-refractivity contribution in [2.24, 2.45) is 23.2 Å². The summed E-state index contributed by atoms with van der Waals surface area (Å²) >= 11 is 1.73. The van der Waals surface area contributed by atoms with Crippen LogP contribution >= 0.6 is 11.3 Å². The van der Waals surface area contributed by atoms with E-state index in [4.69, 9.17) is 4.43 Å². The van der Waals surface area contributed by atoms with Crippen LogP contribution in [-0.2, 0) is 9.22 Å². The molecule has 34 heavy (non-hydrogen) atoms. The summed E-state index contributed by atoms with van der Waals surface area (Å²) in [6.07, 6.45) is 10.7. The molecule has 0 radical (unpaired) electrons. The van der Waals surface area contributed by atoms with E-state index in [1.165, 1.54) is 67.1 Å². The molecule has 0 spiro atoms. The number of carboxylic acid groups (broad SMARTS) is 1. The minimum Gasteiger partial charge on any atom is -0.481 e. The van der Waals surface area contributed by atoms with Gasteiger partial charge in [-0.15, -0.1) is 11.3 Å². The molecule has 2 aliphatic rings. The smallest absolute Gasteiger partial charge is 0.303 e. The van der Waals surface area contributed by atoms with E-state index in [1.54, 1.807) is 11.3 Å². The number of aliphatic carboxylic acids is 1. The van der Waals surface area contributed by atoms with Crippen molar-refractivity contribution in [1.29, 1.82) is 0 Å². The Morgan fingerprint density at radius 2 is 1.91 bits per heavy atom. The predicted octanol–water partition coefficient (Wildman–Crippen LogP) is 9.03. The molecule has 0 aliphatic heterocycles. The zero-order valence-corrected chi connectivity index (χ0v) is 24.5. The van der Waals surface area contributed by atoms with Crippen molar-refractivity contribution in [2.45, 2.75) is 129 Å². The predicted molar refractivity (Wildman–Crippen MR) is 147 cm³/mol. The van der Waals surface area contributed by atoms with Crippen molar-refractivity contribution < 1.29 is 14.3 Å². The molecule has 2 saturated carbocycles. The molecule has 2 unspecified atom stereocenters. The van der Waals surface area contributed by atoms with Crippen LogP contribution in [0, 0.1) is 30.1 Å². The largest absolute Gasteiger partial charge is 0.481 e. The number of carboxylic acids is 1. The summed E-state index contributed by atoms with van der Waals surface area (Å²) in [6.45, 7) is 14.2. The Bertz CT molecular complexity index is 780. The summed E-state index contributed by atoms with van der Waals surface area (Å²) in [6, 6.07) is 5.95. The Morgan fingerprint density at radius 1 is 1.21 bits per heavy atom. The van der Waals surface area contributed by atoms with Crippen LogP contribution in [0.15, 0.2) is 11.4 Å². The van der Waals surface area contributed by atoms with Gasteiger partial charge < -0.3 is 9.53 Å². The van der Waals surface area contributed by atoms with Gasteiger partial charge in [0.15, 0.2) is 8.32 Å². The van der Waals surface area contributed by atoms with E-state index in [2.05, 4.69) is 53.0 Å². The molecule has 6 atom stereocenters. The molecule has 0 bridgehead atoms. The molecule has 0 saturated heterocycles. The molecule has 3 nitrogen and oxygen atoms in total. The number of rotatable bonds is 13. The highest BCUT2D eigenvalue weighted by atomic mass is 32.1. The van der Waals surface area contributed by atoms with Crippen LogP contribution in [-0.4, -0.2) is 25.5 Å². The van der Waals surface area contributed by atoms with Crippen molar-refractivity contribution in [3.8, 4) is 0 Å². The van der Waals surface area contributed by atoms with E-state index in [9.17, 15) is 9.90 Å². The van der Waals surface area contributed by atoms with Crippen LogP contribution < -0.4 is 0 Å². The number of hydrogen-bond donors (Lipinski definition) is 1. The number of fused-ring (bicyclic) bond motifs is 1. The molecule has 1 N–H and O–H groups in total. The minimum atomic E-state index is -1.57. The van der Waals surface area contributed by atoms with Gasteiger partial charge in [-0.25, -0.2) is 0 Å². The standard InChI is InChI=1S/C29H50O3SSi/c1-7-34(8-2,9-3)32-26-14-11-17-29(6)24(15-16-25(26)29)22(5)12-10-13-23(19-28(30)31)27-18-21(4)20-33-27/h18,20,22-26H,7-17,19H2,1-6H3,(H,30,31)/t22?,23-,24?,25+,26+,29-/m0/s1. The van der Waals surface area contributed by atoms with Crippen LogP contribution in [0.5, 0.6) is 0 Å². The number of aryl methyl sites for hydroxylation is 1. The van der Waals surface area contributed by atoms with Crippen molar-refractivity contribution in [1.82, 2.24) is 0 Å². The summed E-state index contributed by atoms with van der Waals surface area (Å²) < 4.78 is 7.12. The summed E-state index contributed by atoms with van der Waals surface area (Å²) in [5, 5.41) is 11.6. The molecular weight excluding hydrogens is 456 g/mol. The van der Waals surface area contributed by atoms with Crippen molar-refractivity contribution in [2.75, 3.05) is 0 Å². The first-order valence-corrected chi connectivity index (χ1v) is 17.5. The SMILES string of the molecule is CC[Si](CC)(CC)O[C@@H]1CCC[C@@]2(C)C(C(C)CCC[C@@H](CC(=O)O)c3cc(C)cs3)CC[C@H]12. The molecule has 5 heteroatoms. The zero-order chi connectivity index (χ0) is 24.9. The van der Waals surface area contributed by atoms with Gasteiger partial charge in [0.2, 0.25) is 0 Å². The summed E-state index contributed by atoms with van der Waals surface area (Å²) in [5.74, 6) is 1.72. The van der Waals surface area contributed by atoms with Gasteiger partial charge >= 0.3 is 5.97 Å². The average Bonchev–Trinajstić information content (AvgIpc) is 3.40. The fourth-order valence-corrected chi connectivity index (χ4v) is 11.6. The Balaban J connectivity index is 1.61. The van der Waals surface area contributed by atoms with Gasteiger partial charge in [-0.3, -0.25) is 4.79 Å². The third-order valence-electron chi connectivity index (χ3n) is 9.94. The van der Waals surface area contributed by atoms with Crippen LogP contribution in [0.2, 0.25) is 18.1 Å². The second-order valence-corrected chi connectivity index (χ2v) is 17.5. The van der Waals surface area contributed by atoms with Crippen molar-refractivity contribution in [3.05, 3.63) is 21.9 Å². The van der Waals surface area contributed by atoms with Gasteiger partial charge in [0.1, 0.15) is 0 Å². The lowest BCUT2D eigenvalue weighted by atomic mass is 9.61. The van der Waals surface area contributed by atoms with Crippen LogP contribution in [0.1, 0.15) is 109 Å². The van der Waals surface area contributed by atoms with Gasteiger partial charge in [-0.05, 0) is 97.3 Å². The third kappa shape index (κ3) is 6.18. The first-order valence-electron chi connectivity index (χ1n) is 14.1. The van der Waals surface area contributed by atoms with Gasteiger partial charge in [-0.1, -0.05) is 53.9 Å².